The van der Waals surface area contributed by atoms with E-state index in [-0.39, 0.29) is 35.7 Å². The molecule has 0 spiro atoms. The van der Waals surface area contributed by atoms with Gasteiger partial charge in [0.2, 0.25) is 0 Å². The fourth-order valence-corrected chi connectivity index (χ4v) is 5.75. The van der Waals surface area contributed by atoms with Crippen LogP contribution in [0, 0.1) is 0 Å². The van der Waals surface area contributed by atoms with Crippen molar-refractivity contribution in [1.82, 2.24) is 5.32 Å². The van der Waals surface area contributed by atoms with Crippen molar-refractivity contribution in [2.24, 2.45) is 0 Å². The topological polar surface area (TPSA) is 103 Å². The third-order valence-corrected chi connectivity index (χ3v) is 7.56. The Bertz CT molecular complexity index is 1360. The van der Waals surface area contributed by atoms with Crippen LogP contribution in [0.15, 0.2) is 57.3 Å². The van der Waals surface area contributed by atoms with Gasteiger partial charge in [-0.2, -0.15) is 0 Å². The van der Waals surface area contributed by atoms with Crippen molar-refractivity contribution in [3.63, 3.8) is 0 Å². The smallest absolute Gasteiger partial charge is 0.337 e. The Hall–Kier alpha value is -3.46. The molecular formula is C30H34BrNO7. The molecule has 4 rings (SSSR count). The van der Waals surface area contributed by atoms with E-state index in [2.05, 4.69) is 21.2 Å². The summed E-state index contributed by atoms with van der Waals surface area (Å²) in [5.41, 5.74) is 3.87. The second-order valence-corrected chi connectivity index (χ2v) is 10.7. The molecule has 0 fully saturated rings. The molecule has 1 aliphatic heterocycles. The van der Waals surface area contributed by atoms with Gasteiger partial charge in [0, 0.05) is 29.3 Å². The Labute approximate surface area is 237 Å². The number of nitrogens with one attached hydrogen (secondary N) is 1. The number of allylic oxidation sites excluding steroid dienone is 3. The summed E-state index contributed by atoms with van der Waals surface area (Å²) in [7, 11) is 3.17. The van der Waals surface area contributed by atoms with Gasteiger partial charge < -0.3 is 29.4 Å². The number of methoxy groups -OCH3 is 2. The number of ketones is 1. The zero-order chi connectivity index (χ0) is 28.4. The van der Waals surface area contributed by atoms with Crippen molar-refractivity contribution in [2.45, 2.75) is 58.5 Å². The largest absolute Gasteiger partial charge is 0.503 e. The van der Waals surface area contributed by atoms with Crippen LogP contribution in [-0.2, 0) is 14.3 Å². The minimum atomic E-state index is -0.692. The number of rotatable bonds is 8. The zero-order valence-corrected chi connectivity index (χ0v) is 24.6. The molecule has 0 unspecified atom stereocenters. The van der Waals surface area contributed by atoms with E-state index >= 15 is 0 Å². The molecule has 2 aromatic rings. The highest BCUT2D eigenvalue weighted by Gasteiger charge is 2.42. The van der Waals surface area contributed by atoms with Crippen molar-refractivity contribution in [3.8, 4) is 23.0 Å². The normalized spacial score (nSPS) is 19.0. The summed E-state index contributed by atoms with van der Waals surface area (Å²) in [6, 6.07) is 9.11. The van der Waals surface area contributed by atoms with Crippen molar-refractivity contribution < 1.29 is 33.6 Å². The lowest BCUT2D eigenvalue weighted by molar-refractivity contribution is -0.143. The molecule has 2 aromatic carbocycles. The molecule has 8 nitrogen and oxygen atoms in total. The molecule has 0 saturated heterocycles. The number of dihydropyridines is 1. The number of hydrogen-bond acceptors (Lipinski definition) is 8. The fourth-order valence-electron chi connectivity index (χ4n) is 5.29. The van der Waals surface area contributed by atoms with Crippen LogP contribution < -0.4 is 19.5 Å². The summed E-state index contributed by atoms with van der Waals surface area (Å²) >= 11 is 3.41. The average molecular weight is 601 g/mol. The third kappa shape index (κ3) is 5.64. The lowest BCUT2D eigenvalue weighted by atomic mass is 9.71. The summed E-state index contributed by atoms with van der Waals surface area (Å²) < 4.78 is 22.5. The van der Waals surface area contributed by atoms with E-state index in [0.29, 0.717) is 51.4 Å². The minimum absolute atomic E-state index is 0.0424. The first kappa shape index (κ1) is 28.5. The van der Waals surface area contributed by atoms with Gasteiger partial charge in [-0.15, -0.1) is 0 Å². The van der Waals surface area contributed by atoms with Gasteiger partial charge in [-0.3, -0.25) is 4.79 Å². The molecular weight excluding hydrogens is 566 g/mol. The molecule has 208 valence electrons. The average Bonchev–Trinajstić information content (AvgIpc) is 2.89. The van der Waals surface area contributed by atoms with E-state index in [0.717, 1.165) is 11.3 Å². The van der Waals surface area contributed by atoms with Crippen LogP contribution in [-0.4, -0.2) is 43.8 Å². The van der Waals surface area contributed by atoms with Gasteiger partial charge in [0.05, 0.1) is 37.0 Å². The number of ether oxygens (including phenoxy) is 4. The Balaban J connectivity index is 1.83. The molecule has 2 aliphatic rings. The fraction of sp³-hybridized carbons (Fsp3) is 0.400. The number of halogens is 1. The van der Waals surface area contributed by atoms with Crippen molar-refractivity contribution in [1.29, 1.82) is 0 Å². The van der Waals surface area contributed by atoms with Gasteiger partial charge in [-0.1, -0.05) is 6.07 Å². The predicted octanol–water partition coefficient (Wildman–Crippen LogP) is 5.88. The van der Waals surface area contributed by atoms with E-state index in [9.17, 15) is 14.7 Å². The highest BCUT2D eigenvalue weighted by molar-refractivity contribution is 9.10. The van der Waals surface area contributed by atoms with Gasteiger partial charge in [0.25, 0.3) is 0 Å². The quantitative estimate of drug-likeness (QED) is 0.362. The number of phenolic OH excluding ortho intramolecular Hbond substituents is 1. The molecule has 0 aromatic heterocycles. The molecule has 0 bridgehead atoms. The van der Waals surface area contributed by atoms with Crippen LogP contribution >= 0.6 is 15.9 Å². The second-order valence-electron chi connectivity index (χ2n) is 9.87. The highest BCUT2D eigenvalue weighted by atomic mass is 79.9. The van der Waals surface area contributed by atoms with Gasteiger partial charge >= 0.3 is 5.97 Å². The lowest BCUT2D eigenvalue weighted by Crippen LogP contribution is -2.36. The lowest BCUT2D eigenvalue weighted by Gasteiger charge is -2.37. The first-order valence-electron chi connectivity index (χ1n) is 12.9. The second kappa shape index (κ2) is 11.7. The number of esters is 1. The van der Waals surface area contributed by atoms with Crippen LogP contribution in [0.25, 0.3) is 0 Å². The maximum atomic E-state index is 13.9. The van der Waals surface area contributed by atoms with Crippen LogP contribution in [0.5, 0.6) is 23.0 Å². The molecule has 39 heavy (non-hydrogen) atoms. The Morgan fingerprint density at radius 2 is 1.77 bits per heavy atom. The van der Waals surface area contributed by atoms with E-state index in [1.165, 1.54) is 0 Å². The molecule has 2 atom stereocenters. The number of Topliss-reactive ketones (excluding diaryl/α,β-unsaturated/α-hetero) is 1. The Kier molecular flexibility index (Phi) is 8.59. The van der Waals surface area contributed by atoms with Gasteiger partial charge in [-0.05, 0) is 91.4 Å². The van der Waals surface area contributed by atoms with E-state index in [1.54, 1.807) is 40.2 Å². The number of carbonyl (C=O) groups is 2. The van der Waals surface area contributed by atoms with Crippen molar-refractivity contribution in [2.75, 3.05) is 20.8 Å². The predicted molar refractivity (Wildman–Crippen MR) is 150 cm³/mol. The van der Waals surface area contributed by atoms with Gasteiger partial charge in [-0.25, -0.2) is 4.79 Å². The van der Waals surface area contributed by atoms with Crippen molar-refractivity contribution in [3.05, 3.63) is 68.5 Å². The molecule has 1 heterocycles. The third-order valence-electron chi connectivity index (χ3n) is 6.95. The summed E-state index contributed by atoms with van der Waals surface area (Å²) in [5, 5.41) is 13.9. The first-order valence-corrected chi connectivity index (χ1v) is 13.7. The molecule has 1 aliphatic carbocycles. The van der Waals surface area contributed by atoms with Gasteiger partial charge in [0.1, 0.15) is 0 Å². The van der Waals surface area contributed by atoms with Gasteiger partial charge in [0.15, 0.2) is 28.8 Å². The number of hydrogen-bond donors (Lipinski definition) is 2. The molecule has 0 amide bonds. The van der Waals surface area contributed by atoms with Crippen LogP contribution in [0.4, 0.5) is 0 Å². The summed E-state index contributed by atoms with van der Waals surface area (Å²) in [4.78, 5) is 27.3. The first-order chi connectivity index (χ1) is 18.6. The van der Waals surface area contributed by atoms with Crippen molar-refractivity contribution >= 4 is 27.7 Å². The zero-order valence-electron chi connectivity index (χ0n) is 23.0. The summed E-state index contributed by atoms with van der Waals surface area (Å²) in [6.07, 6.45) is 0.486. The standard InChI is InChI=1S/C30H34BrNO7/c1-7-38-25-14-19(10-20(31)29(25)34)27-26(30(35)39-15(2)3)16(4)32-21-11-18(12-22(33)28(21)27)17-8-9-23(36-5)24(13-17)37-6/h8-10,13-15,18,27,32,34H,7,11-12H2,1-6H3/t18-,27+/m0/s1. The minimum Gasteiger partial charge on any atom is -0.503 e. The van der Waals surface area contributed by atoms with Crippen LogP contribution in [0.3, 0.4) is 0 Å². The number of aromatic hydroxyl groups is 1. The molecule has 2 N–H and O–H groups in total. The van der Waals surface area contributed by atoms with E-state index < -0.39 is 11.9 Å². The monoisotopic (exact) mass is 599 g/mol. The molecule has 0 saturated carbocycles. The Morgan fingerprint density at radius 3 is 2.41 bits per heavy atom. The van der Waals surface area contributed by atoms with Crippen LogP contribution in [0.2, 0.25) is 0 Å². The number of carbonyl (C=O) groups excluding carboxylic acids is 2. The summed E-state index contributed by atoms with van der Waals surface area (Å²) in [5.74, 6) is 0.0938. The van der Waals surface area contributed by atoms with E-state index in [4.69, 9.17) is 18.9 Å². The maximum Gasteiger partial charge on any atom is 0.337 e. The molecule has 0 radical (unpaired) electrons. The van der Waals surface area contributed by atoms with E-state index in [1.807, 2.05) is 32.0 Å². The number of benzene rings is 2. The SMILES string of the molecule is CCOc1cc([C@@H]2C(C(=O)OC(C)C)=C(C)NC3=C2C(=O)C[C@@H](c2ccc(OC)c(OC)c2)C3)cc(Br)c1O. The summed E-state index contributed by atoms with van der Waals surface area (Å²) in [6.45, 7) is 7.55. The Morgan fingerprint density at radius 1 is 1.08 bits per heavy atom. The van der Waals surface area contributed by atoms with Crippen LogP contribution in [0.1, 0.15) is 63.5 Å². The molecule has 9 heteroatoms. The highest BCUT2D eigenvalue weighted by Crippen LogP contribution is 2.48. The number of phenols is 1. The maximum absolute atomic E-state index is 13.9.